The first-order valence-corrected chi connectivity index (χ1v) is 6.62. The van der Waals surface area contributed by atoms with E-state index in [1.165, 1.54) is 12.1 Å². The van der Waals surface area contributed by atoms with Crippen LogP contribution in [-0.2, 0) is 6.42 Å². The molecule has 0 aliphatic carbocycles. The fourth-order valence-corrected chi connectivity index (χ4v) is 2.01. The summed E-state index contributed by atoms with van der Waals surface area (Å²) in [5.74, 6) is 1.45. The van der Waals surface area contributed by atoms with Gasteiger partial charge in [0.25, 0.3) is 5.69 Å². The van der Waals surface area contributed by atoms with E-state index in [0.717, 1.165) is 17.7 Å². The van der Waals surface area contributed by atoms with Gasteiger partial charge in [-0.3, -0.25) is 10.1 Å². The van der Waals surface area contributed by atoms with Crippen molar-refractivity contribution in [3.05, 3.63) is 64.2 Å². The molecule has 2 rings (SSSR count). The van der Waals surface area contributed by atoms with Gasteiger partial charge in [-0.15, -0.1) is 0 Å². The lowest BCUT2D eigenvalue weighted by atomic mass is 10.1. The van der Waals surface area contributed by atoms with Crippen LogP contribution in [0.3, 0.4) is 0 Å². The molecule has 0 saturated heterocycles. The van der Waals surface area contributed by atoms with Crippen LogP contribution in [0, 0.1) is 10.1 Å². The van der Waals surface area contributed by atoms with E-state index in [1.807, 2.05) is 31.2 Å². The molecule has 5 nitrogen and oxygen atoms in total. The number of benzene rings is 2. The van der Waals surface area contributed by atoms with Crippen LogP contribution in [0.2, 0.25) is 0 Å². The Hall–Kier alpha value is -2.56. The number of rotatable bonds is 6. The van der Waals surface area contributed by atoms with E-state index >= 15 is 0 Å². The van der Waals surface area contributed by atoms with Crippen molar-refractivity contribution in [3.63, 3.8) is 0 Å². The number of nitro benzene ring substituents is 1. The fourth-order valence-electron chi connectivity index (χ4n) is 2.01. The SMILES string of the molecule is COc1ccc(CC(C)Oc2ccc([N+](=O)[O-])cc2)cc1. The van der Waals surface area contributed by atoms with Crippen LogP contribution < -0.4 is 9.47 Å². The zero-order valence-corrected chi connectivity index (χ0v) is 12.0. The van der Waals surface area contributed by atoms with Crippen LogP contribution in [0.25, 0.3) is 0 Å². The summed E-state index contributed by atoms with van der Waals surface area (Å²) >= 11 is 0. The Bertz CT molecular complexity index is 593. The fraction of sp³-hybridized carbons (Fsp3) is 0.250. The molecule has 5 heteroatoms. The number of ether oxygens (including phenoxy) is 2. The smallest absolute Gasteiger partial charge is 0.269 e. The van der Waals surface area contributed by atoms with E-state index in [-0.39, 0.29) is 11.8 Å². The largest absolute Gasteiger partial charge is 0.497 e. The van der Waals surface area contributed by atoms with Crippen molar-refractivity contribution in [3.8, 4) is 11.5 Å². The highest BCUT2D eigenvalue weighted by atomic mass is 16.6. The molecule has 1 unspecified atom stereocenters. The molecule has 0 aromatic heterocycles. The van der Waals surface area contributed by atoms with Crippen molar-refractivity contribution in [1.82, 2.24) is 0 Å². The minimum Gasteiger partial charge on any atom is -0.497 e. The summed E-state index contributed by atoms with van der Waals surface area (Å²) in [5.41, 5.74) is 1.20. The molecule has 110 valence electrons. The van der Waals surface area contributed by atoms with Crippen molar-refractivity contribution < 1.29 is 14.4 Å². The molecule has 0 radical (unpaired) electrons. The predicted octanol–water partition coefficient (Wildman–Crippen LogP) is 3.61. The maximum absolute atomic E-state index is 10.6. The van der Waals surface area contributed by atoms with E-state index in [9.17, 15) is 10.1 Å². The van der Waals surface area contributed by atoms with Crippen LogP contribution in [0.4, 0.5) is 5.69 Å². The number of nitrogens with zero attached hydrogens (tertiary/aromatic N) is 1. The van der Waals surface area contributed by atoms with Gasteiger partial charge in [0, 0.05) is 18.6 Å². The van der Waals surface area contributed by atoms with Gasteiger partial charge in [0.15, 0.2) is 0 Å². The zero-order valence-electron chi connectivity index (χ0n) is 12.0. The Labute approximate surface area is 123 Å². The van der Waals surface area contributed by atoms with Crippen LogP contribution >= 0.6 is 0 Å². The molecule has 0 amide bonds. The van der Waals surface area contributed by atoms with Gasteiger partial charge in [0.2, 0.25) is 0 Å². The second-order valence-corrected chi connectivity index (χ2v) is 4.73. The van der Waals surface area contributed by atoms with Gasteiger partial charge in [-0.05, 0) is 36.8 Å². The molecule has 0 saturated carbocycles. The molecule has 0 N–H and O–H groups in total. The van der Waals surface area contributed by atoms with Gasteiger partial charge in [0.1, 0.15) is 11.5 Å². The summed E-state index contributed by atoms with van der Waals surface area (Å²) < 4.78 is 10.9. The van der Waals surface area contributed by atoms with Crippen LogP contribution in [-0.4, -0.2) is 18.1 Å². The van der Waals surface area contributed by atoms with Crippen molar-refractivity contribution in [1.29, 1.82) is 0 Å². The van der Waals surface area contributed by atoms with Crippen molar-refractivity contribution in [2.45, 2.75) is 19.4 Å². The summed E-state index contributed by atoms with van der Waals surface area (Å²) in [6.07, 6.45) is 0.723. The van der Waals surface area contributed by atoms with Gasteiger partial charge in [-0.2, -0.15) is 0 Å². The van der Waals surface area contributed by atoms with Crippen molar-refractivity contribution in [2.24, 2.45) is 0 Å². The summed E-state index contributed by atoms with van der Waals surface area (Å²) in [6.45, 7) is 1.96. The number of hydrogen-bond donors (Lipinski definition) is 0. The molecule has 2 aromatic rings. The van der Waals surface area contributed by atoms with Gasteiger partial charge in [-0.1, -0.05) is 12.1 Å². The lowest BCUT2D eigenvalue weighted by Gasteiger charge is -2.15. The Kier molecular flexibility index (Phi) is 4.77. The topological polar surface area (TPSA) is 61.6 Å². The van der Waals surface area contributed by atoms with Gasteiger partial charge in [0.05, 0.1) is 18.1 Å². The van der Waals surface area contributed by atoms with E-state index in [0.29, 0.717) is 5.75 Å². The average Bonchev–Trinajstić information content (AvgIpc) is 2.48. The molecule has 0 aliphatic rings. The van der Waals surface area contributed by atoms with Gasteiger partial charge >= 0.3 is 0 Å². The molecular weight excluding hydrogens is 270 g/mol. The molecule has 2 aromatic carbocycles. The summed E-state index contributed by atoms with van der Waals surface area (Å²) in [7, 11) is 1.63. The first kappa shape index (κ1) is 14.8. The molecule has 21 heavy (non-hydrogen) atoms. The summed E-state index contributed by atoms with van der Waals surface area (Å²) in [5, 5.41) is 10.6. The van der Waals surface area contributed by atoms with E-state index in [1.54, 1.807) is 19.2 Å². The standard InChI is InChI=1S/C16H17NO4/c1-12(11-13-3-7-15(20-2)8-4-13)21-16-9-5-14(6-10-16)17(18)19/h3-10,12H,11H2,1-2H3. The van der Waals surface area contributed by atoms with Gasteiger partial charge < -0.3 is 9.47 Å². The Morgan fingerprint density at radius 2 is 1.62 bits per heavy atom. The first-order chi connectivity index (χ1) is 10.1. The Balaban J connectivity index is 1.94. The highest BCUT2D eigenvalue weighted by molar-refractivity contribution is 5.36. The average molecular weight is 287 g/mol. The van der Waals surface area contributed by atoms with E-state index in [2.05, 4.69) is 0 Å². The summed E-state index contributed by atoms with van der Waals surface area (Å²) in [6, 6.07) is 13.9. The maximum atomic E-state index is 10.6. The minimum absolute atomic E-state index is 0.0279. The minimum atomic E-state index is -0.426. The van der Waals surface area contributed by atoms with Crippen LogP contribution in [0.1, 0.15) is 12.5 Å². The van der Waals surface area contributed by atoms with Crippen LogP contribution in [0.15, 0.2) is 48.5 Å². The second kappa shape index (κ2) is 6.74. The molecule has 1 atom stereocenters. The molecule has 0 spiro atoms. The number of methoxy groups -OCH3 is 1. The Morgan fingerprint density at radius 3 is 2.14 bits per heavy atom. The lowest BCUT2D eigenvalue weighted by Crippen LogP contribution is -2.14. The number of hydrogen-bond acceptors (Lipinski definition) is 4. The number of non-ortho nitro benzene ring substituents is 1. The monoisotopic (exact) mass is 287 g/mol. The molecule has 0 bridgehead atoms. The zero-order chi connectivity index (χ0) is 15.2. The van der Waals surface area contributed by atoms with E-state index < -0.39 is 4.92 Å². The summed E-state index contributed by atoms with van der Waals surface area (Å²) in [4.78, 5) is 10.2. The molecular formula is C16H17NO4. The van der Waals surface area contributed by atoms with E-state index in [4.69, 9.17) is 9.47 Å². The second-order valence-electron chi connectivity index (χ2n) is 4.73. The third-order valence-corrected chi connectivity index (χ3v) is 3.07. The van der Waals surface area contributed by atoms with Gasteiger partial charge in [-0.25, -0.2) is 0 Å². The highest BCUT2D eigenvalue weighted by Gasteiger charge is 2.08. The first-order valence-electron chi connectivity index (χ1n) is 6.62. The Morgan fingerprint density at radius 1 is 1.05 bits per heavy atom. The van der Waals surface area contributed by atoms with Crippen molar-refractivity contribution >= 4 is 5.69 Å². The lowest BCUT2D eigenvalue weighted by molar-refractivity contribution is -0.384. The third-order valence-electron chi connectivity index (χ3n) is 3.07. The maximum Gasteiger partial charge on any atom is 0.269 e. The molecule has 0 fully saturated rings. The predicted molar refractivity (Wildman–Crippen MR) is 79.9 cm³/mol. The number of nitro groups is 1. The quantitative estimate of drug-likeness (QED) is 0.601. The van der Waals surface area contributed by atoms with Crippen molar-refractivity contribution in [2.75, 3.05) is 7.11 Å². The third kappa shape index (κ3) is 4.21. The molecule has 0 heterocycles. The highest BCUT2D eigenvalue weighted by Crippen LogP contribution is 2.20. The molecule has 0 aliphatic heterocycles. The normalized spacial score (nSPS) is 11.7. The van der Waals surface area contributed by atoms with Crippen LogP contribution in [0.5, 0.6) is 11.5 Å².